The highest BCUT2D eigenvalue weighted by Gasteiger charge is 2.39. The zero-order chi connectivity index (χ0) is 21.3. The van der Waals surface area contributed by atoms with Crippen LogP contribution in [-0.4, -0.2) is 42.9 Å². The van der Waals surface area contributed by atoms with Crippen LogP contribution in [0.25, 0.3) is 10.2 Å². The predicted octanol–water partition coefficient (Wildman–Crippen LogP) is 3.24. The highest BCUT2D eigenvalue weighted by molar-refractivity contribution is 7.91. The number of thiophene rings is 1. The molecule has 1 fully saturated rings. The van der Waals surface area contributed by atoms with E-state index in [2.05, 4.69) is 11.6 Å². The average molecular weight is 464 g/mol. The molecule has 0 aliphatic carbocycles. The molecule has 4 rings (SSSR count). The van der Waals surface area contributed by atoms with Gasteiger partial charge in [0, 0.05) is 13.1 Å². The van der Waals surface area contributed by atoms with E-state index in [9.17, 15) is 13.2 Å². The molecule has 30 heavy (non-hydrogen) atoms. The van der Waals surface area contributed by atoms with E-state index in [1.165, 1.54) is 15.6 Å². The van der Waals surface area contributed by atoms with Gasteiger partial charge in [-0.05, 0) is 42.5 Å². The molecule has 1 aliphatic rings. The first-order chi connectivity index (χ1) is 14.5. The molecule has 1 aliphatic heterocycles. The molecule has 0 saturated carbocycles. The minimum absolute atomic E-state index is 0.248. The van der Waals surface area contributed by atoms with Gasteiger partial charge in [-0.2, -0.15) is 9.30 Å². The standard InChI is InChI=1S/C20H21N3O4S3/c1-3-10-22-15-9-8-14(27-2)13-17(15)29-20(22)21-19(24)16-6-4-11-23(16)30(25,26)18-7-5-12-28-18/h3,5,7-9,12-13,16H,1,4,6,10-11H2,2H3. The molecule has 1 atom stereocenters. The van der Waals surface area contributed by atoms with Crippen LogP contribution in [0.15, 0.2) is 57.6 Å². The first-order valence-corrected chi connectivity index (χ1v) is 12.5. The molecule has 1 aromatic carbocycles. The van der Waals surface area contributed by atoms with E-state index in [4.69, 9.17) is 4.74 Å². The number of benzene rings is 1. The Balaban J connectivity index is 1.74. The summed E-state index contributed by atoms with van der Waals surface area (Å²) >= 11 is 2.52. The summed E-state index contributed by atoms with van der Waals surface area (Å²) in [5.74, 6) is 0.278. The molecule has 0 bridgehead atoms. The van der Waals surface area contributed by atoms with E-state index in [1.807, 2.05) is 22.8 Å². The number of ether oxygens (including phenoxy) is 1. The van der Waals surface area contributed by atoms with Gasteiger partial charge in [-0.1, -0.05) is 23.5 Å². The van der Waals surface area contributed by atoms with E-state index in [0.717, 1.165) is 27.3 Å². The molecule has 7 nitrogen and oxygen atoms in total. The lowest BCUT2D eigenvalue weighted by atomic mass is 10.2. The number of sulfonamides is 1. The number of hydrogen-bond acceptors (Lipinski definition) is 6. The Morgan fingerprint density at radius 1 is 1.40 bits per heavy atom. The number of amides is 1. The van der Waals surface area contributed by atoms with Crippen LogP contribution in [0, 0.1) is 0 Å². The zero-order valence-corrected chi connectivity index (χ0v) is 18.8. The SMILES string of the molecule is C=CCn1c(=NC(=O)C2CCCN2S(=O)(=O)c2cccs2)sc2cc(OC)ccc21. The Hall–Kier alpha value is -2.27. The number of carbonyl (C=O) groups is 1. The molecule has 1 amide bonds. The van der Waals surface area contributed by atoms with Gasteiger partial charge in [-0.25, -0.2) is 8.42 Å². The second kappa shape index (κ2) is 8.46. The van der Waals surface area contributed by atoms with Gasteiger partial charge in [0.1, 0.15) is 16.0 Å². The van der Waals surface area contributed by atoms with Crippen LogP contribution < -0.4 is 9.54 Å². The summed E-state index contributed by atoms with van der Waals surface area (Å²) in [6.07, 6.45) is 2.84. The first-order valence-electron chi connectivity index (χ1n) is 9.38. The summed E-state index contributed by atoms with van der Waals surface area (Å²) in [5.41, 5.74) is 0.918. The van der Waals surface area contributed by atoms with Crippen LogP contribution >= 0.6 is 22.7 Å². The normalized spacial score (nSPS) is 18.2. The number of aromatic nitrogens is 1. The van der Waals surface area contributed by atoms with Crippen LogP contribution in [0.4, 0.5) is 0 Å². The minimum atomic E-state index is -3.70. The molecule has 0 spiro atoms. The molecule has 0 N–H and O–H groups in total. The lowest BCUT2D eigenvalue weighted by Gasteiger charge is -2.20. The second-order valence-corrected chi connectivity index (χ2v) is 10.8. The van der Waals surface area contributed by atoms with Crippen molar-refractivity contribution >= 4 is 48.8 Å². The van der Waals surface area contributed by atoms with Crippen molar-refractivity contribution in [3.63, 3.8) is 0 Å². The van der Waals surface area contributed by atoms with Crippen molar-refractivity contribution < 1.29 is 17.9 Å². The molecular formula is C20H21N3O4S3. The van der Waals surface area contributed by atoms with Gasteiger partial charge in [0.15, 0.2) is 4.80 Å². The van der Waals surface area contributed by atoms with E-state index >= 15 is 0 Å². The van der Waals surface area contributed by atoms with Crippen molar-refractivity contribution in [2.24, 2.45) is 4.99 Å². The maximum absolute atomic E-state index is 13.1. The summed E-state index contributed by atoms with van der Waals surface area (Å²) in [5, 5.41) is 1.72. The number of allylic oxidation sites excluding steroid dienone is 1. The van der Waals surface area contributed by atoms with Gasteiger partial charge >= 0.3 is 0 Å². The lowest BCUT2D eigenvalue weighted by Crippen LogP contribution is -2.40. The third kappa shape index (κ3) is 3.76. The Bertz CT molecular complexity index is 1260. The van der Waals surface area contributed by atoms with Crippen LogP contribution in [0.3, 0.4) is 0 Å². The fourth-order valence-corrected chi connectivity index (χ4v) is 7.38. The Kier molecular flexibility index (Phi) is 5.92. The number of nitrogens with zero attached hydrogens (tertiary/aromatic N) is 3. The molecule has 3 heterocycles. The maximum Gasteiger partial charge on any atom is 0.266 e. The summed E-state index contributed by atoms with van der Waals surface area (Å²) in [7, 11) is -2.10. The topological polar surface area (TPSA) is 81.0 Å². The molecule has 158 valence electrons. The van der Waals surface area contributed by atoms with Crippen molar-refractivity contribution in [2.75, 3.05) is 13.7 Å². The van der Waals surface area contributed by atoms with Crippen molar-refractivity contribution in [2.45, 2.75) is 29.6 Å². The quantitative estimate of drug-likeness (QED) is 0.526. The van der Waals surface area contributed by atoms with Crippen molar-refractivity contribution in [1.29, 1.82) is 0 Å². The van der Waals surface area contributed by atoms with Crippen LogP contribution in [0.2, 0.25) is 0 Å². The fourth-order valence-electron chi connectivity index (χ4n) is 3.54. The van der Waals surface area contributed by atoms with E-state index in [1.54, 1.807) is 30.7 Å². The number of hydrogen-bond donors (Lipinski definition) is 0. The van der Waals surface area contributed by atoms with E-state index < -0.39 is 22.0 Å². The van der Waals surface area contributed by atoms with Crippen molar-refractivity contribution in [3.05, 3.63) is 53.2 Å². The van der Waals surface area contributed by atoms with Crippen LogP contribution in [-0.2, 0) is 21.4 Å². The second-order valence-electron chi connectivity index (χ2n) is 6.77. The molecule has 1 unspecified atom stereocenters. The average Bonchev–Trinajstić information content (AvgIpc) is 3.48. The Morgan fingerprint density at radius 3 is 2.93 bits per heavy atom. The third-order valence-electron chi connectivity index (χ3n) is 4.95. The smallest absolute Gasteiger partial charge is 0.266 e. The van der Waals surface area contributed by atoms with Crippen LogP contribution in [0.5, 0.6) is 5.75 Å². The highest BCUT2D eigenvalue weighted by atomic mass is 32.2. The number of carbonyl (C=O) groups excluding carboxylic acids is 1. The van der Waals surface area contributed by atoms with E-state index in [0.29, 0.717) is 30.7 Å². The molecule has 10 heteroatoms. The third-order valence-corrected chi connectivity index (χ3v) is 9.28. The summed E-state index contributed by atoms with van der Waals surface area (Å²) in [4.78, 5) is 17.9. The fraction of sp³-hybridized carbons (Fsp3) is 0.300. The van der Waals surface area contributed by atoms with Crippen molar-refractivity contribution in [3.8, 4) is 5.75 Å². The summed E-state index contributed by atoms with van der Waals surface area (Å²) in [6, 6.07) is 8.14. The van der Waals surface area contributed by atoms with E-state index in [-0.39, 0.29) is 4.21 Å². The molecular weight excluding hydrogens is 442 g/mol. The predicted molar refractivity (Wildman–Crippen MR) is 118 cm³/mol. The summed E-state index contributed by atoms with van der Waals surface area (Å²) < 4.78 is 35.6. The van der Waals surface area contributed by atoms with Crippen molar-refractivity contribution in [1.82, 2.24) is 8.87 Å². The number of thiazole rings is 1. The Morgan fingerprint density at radius 2 is 2.23 bits per heavy atom. The van der Waals surface area contributed by atoms with Gasteiger partial charge in [-0.15, -0.1) is 17.9 Å². The van der Waals surface area contributed by atoms with Gasteiger partial charge in [0.2, 0.25) is 0 Å². The minimum Gasteiger partial charge on any atom is -0.497 e. The number of fused-ring (bicyclic) bond motifs is 1. The number of rotatable bonds is 6. The zero-order valence-electron chi connectivity index (χ0n) is 16.4. The number of methoxy groups -OCH3 is 1. The lowest BCUT2D eigenvalue weighted by molar-refractivity contribution is -0.121. The summed E-state index contributed by atoms with van der Waals surface area (Å²) in [6.45, 7) is 4.60. The molecule has 3 aromatic rings. The first kappa shape index (κ1) is 21.0. The molecule has 0 radical (unpaired) electrons. The molecule has 1 saturated heterocycles. The molecule has 2 aromatic heterocycles. The van der Waals surface area contributed by atoms with Gasteiger partial charge in [0.05, 0.1) is 17.3 Å². The Labute approximate surface area is 182 Å². The van der Waals surface area contributed by atoms with Gasteiger partial charge in [-0.3, -0.25) is 4.79 Å². The monoisotopic (exact) mass is 463 g/mol. The van der Waals surface area contributed by atoms with Gasteiger partial charge in [0.25, 0.3) is 15.9 Å². The maximum atomic E-state index is 13.1. The largest absolute Gasteiger partial charge is 0.497 e. The van der Waals surface area contributed by atoms with Crippen LogP contribution in [0.1, 0.15) is 12.8 Å². The highest BCUT2D eigenvalue weighted by Crippen LogP contribution is 2.29. The van der Waals surface area contributed by atoms with Gasteiger partial charge < -0.3 is 9.30 Å².